The Morgan fingerprint density at radius 2 is 1.94 bits per heavy atom. The van der Waals surface area contributed by atoms with Crippen LogP contribution in [0.25, 0.3) is 0 Å². The van der Waals surface area contributed by atoms with Crippen LogP contribution in [0.4, 0.5) is 11.5 Å². The molecule has 5 rings (SSSR count). The number of fused-ring (bicyclic) bond motifs is 3. The minimum absolute atomic E-state index is 0.331. The molecule has 1 aromatic carbocycles. The van der Waals surface area contributed by atoms with Crippen molar-refractivity contribution < 1.29 is 4.74 Å². The first kappa shape index (κ1) is 23.2. The number of aromatic nitrogens is 1. The van der Waals surface area contributed by atoms with Crippen molar-refractivity contribution in [3.8, 4) is 0 Å². The number of hydrogen-bond acceptors (Lipinski definition) is 4. The third kappa shape index (κ3) is 3.96. The monoisotopic (exact) mass is 457 g/mol. The molecule has 3 aliphatic rings. The molecule has 0 amide bonds. The Morgan fingerprint density at radius 3 is 2.65 bits per heavy atom. The summed E-state index contributed by atoms with van der Waals surface area (Å²) in [5.74, 6) is 3.49. The Balaban J connectivity index is 1.32. The summed E-state index contributed by atoms with van der Waals surface area (Å²) in [5.41, 5.74) is 4.65. The van der Waals surface area contributed by atoms with Crippen molar-refractivity contribution in [3.05, 3.63) is 78.0 Å². The number of ether oxygens (including phenoxy) is 1. The molecule has 1 saturated carbocycles. The summed E-state index contributed by atoms with van der Waals surface area (Å²) >= 11 is 0. The lowest BCUT2D eigenvalue weighted by atomic mass is 9.47. The average molecular weight is 458 g/mol. The summed E-state index contributed by atoms with van der Waals surface area (Å²) in [6.45, 7) is 11.3. The Labute approximate surface area is 205 Å². The van der Waals surface area contributed by atoms with Crippen LogP contribution < -0.4 is 10.2 Å². The molecule has 2 aromatic rings. The molecule has 2 fully saturated rings. The van der Waals surface area contributed by atoms with E-state index in [0.717, 1.165) is 44.4 Å². The Morgan fingerprint density at radius 1 is 1.15 bits per heavy atom. The Kier molecular flexibility index (Phi) is 6.78. The number of pyridine rings is 1. The highest BCUT2D eigenvalue weighted by atomic mass is 16.5. The van der Waals surface area contributed by atoms with E-state index < -0.39 is 0 Å². The lowest BCUT2D eigenvalue weighted by Gasteiger charge is -2.57. The average Bonchev–Trinajstić information content (AvgIpc) is 3.10. The first-order valence-corrected chi connectivity index (χ1v) is 13.1. The van der Waals surface area contributed by atoms with Crippen molar-refractivity contribution >= 4 is 11.5 Å². The second kappa shape index (κ2) is 9.95. The van der Waals surface area contributed by atoms with Gasteiger partial charge in [-0.25, -0.2) is 4.98 Å². The van der Waals surface area contributed by atoms with E-state index in [-0.39, 0.29) is 0 Å². The fourth-order valence-electron chi connectivity index (χ4n) is 7.11. The normalized spacial score (nSPS) is 29.1. The third-order valence-electron chi connectivity index (χ3n) is 8.71. The Hall–Kier alpha value is -2.59. The Bertz CT molecular complexity index is 1020. The van der Waals surface area contributed by atoms with Gasteiger partial charge in [-0.2, -0.15) is 0 Å². The van der Waals surface area contributed by atoms with E-state index >= 15 is 0 Å². The van der Waals surface area contributed by atoms with Gasteiger partial charge in [-0.15, -0.1) is 0 Å². The van der Waals surface area contributed by atoms with Crippen molar-refractivity contribution in [2.24, 2.45) is 17.3 Å². The number of anilines is 2. The second-order valence-electron chi connectivity index (χ2n) is 10.2. The van der Waals surface area contributed by atoms with Crippen LogP contribution in [-0.2, 0) is 4.74 Å². The van der Waals surface area contributed by atoms with Crippen LogP contribution in [0.1, 0.15) is 56.6 Å². The molecule has 4 heteroatoms. The van der Waals surface area contributed by atoms with E-state index in [9.17, 15) is 0 Å². The van der Waals surface area contributed by atoms with E-state index in [2.05, 4.69) is 91.7 Å². The van der Waals surface area contributed by atoms with Crippen LogP contribution >= 0.6 is 0 Å². The molecule has 1 aliphatic heterocycles. The lowest BCUT2D eigenvalue weighted by molar-refractivity contribution is -0.0217. The van der Waals surface area contributed by atoms with E-state index in [1.165, 1.54) is 12.8 Å². The SMILES string of the molecule is C/C=C\C=C/C(C)C1c2ccccc2C2CC(CNc3ccc(N4CCOCC4)nc3)C21CC. The van der Waals surface area contributed by atoms with Crippen molar-refractivity contribution in [1.82, 2.24) is 4.98 Å². The summed E-state index contributed by atoms with van der Waals surface area (Å²) in [6, 6.07) is 13.6. The molecule has 0 bridgehead atoms. The van der Waals surface area contributed by atoms with Gasteiger partial charge >= 0.3 is 0 Å². The number of hydrogen-bond donors (Lipinski definition) is 1. The highest BCUT2D eigenvalue weighted by Gasteiger charge is 2.63. The smallest absolute Gasteiger partial charge is 0.128 e. The van der Waals surface area contributed by atoms with Gasteiger partial charge in [-0.1, -0.05) is 62.4 Å². The van der Waals surface area contributed by atoms with E-state index in [0.29, 0.717) is 29.1 Å². The highest BCUT2D eigenvalue weighted by Crippen LogP contribution is 2.72. The first-order chi connectivity index (χ1) is 16.7. The maximum Gasteiger partial charge on any atom is 0.128 e. The fourth-order valence-corrected chi connectivity index (χ4v) is 7.11. The van der Waals surface area contributed by atoms with Crippen molar-refractivity contribution in [3.63, 3.8) is 0 Å². The molecule has 0 radical (unpaired) electrons. The second-order valence-corrected chi connectivity index (χ2v) is 10.2. The topological polar surface area (TPSA) is 37.4 Å². The number of nitrogens with zero attached hydrogens (tertiary/aromatic N) is 2. The molecule has 5 unspecified atom stereocenters. The number of allylic oxidation sites excluding steroid dienone is 4. The van der Waals surface area contributed by atoms with Crippen LogP contribution in [0.5, 0.6) is 0 Å². The minimum atomic E-state index is 0.331. The molecule has 2 heterocycles. The van der Waals surface area contributed by atoms with Crippen molar-refractivity contribution in [1.29, 1.82) is 0 Å². The zero-order chi connectivity index (χ0) is 23.5. The maximum atomic E-state index is 5.47. The van der Waals surface area contributed by atoms with Crippen LogP contribution in [0, 0.1) is 17.3 Å². The van der Waals surface area contributed by atoms with Gasteiger partial charge in [0.2, 0.25) is 0 Å². The molecule has 2 aliphatic carbocycles. The standard InChI is InChI=1S/C30H39N3O/c1-4-6-7-10-22(3)29-26-12-9-8-11-25(26)27-19-23(30(27,29)5-2)20-31-24-13-14-28(32-21-24)33-15-17-34-18-16-33/h4,6-14,21-23,27,29,31H,5,15-20H2,1-3H3/b6-4-,10-7-. The predicted molar refractivity (Wildman–Crippen MR) is 142 cm³/mol. The van der Waals surface area contributed by atoms with Crippen molar-refractivity contribution in [2.75, 3.05) is 43.1 Å². The number of morpholine rings is 1. The molecule has 1 N–H and O–H groups in total. The van der Waals surface area contributed by atoms with E-state index in [1.54, 1.807) is 11.1 Å². The van der Waals surface area contributed by atoms with Gasteiger partial charge in [0, 0.05) is 19.6 Å². The molecule has 5 atom stereocenters. The van der Waals surface area contributed by atoms with Gasteiger partial charge in [0.25, 0.3) is 0 Å². The summed E-state index contributed by atoms with van der Waals surface area (Å²) in [7, 11) is 0. The van der Waals surface area contributed by atoms with Crippen LogP contribution in [0.3, 0.4) is 0 Å². The van der Waals surface area contributed by atoms with Crippen LogP contribution in [-0.4, -0.2) is 37.8 Å². The minimum Gasteiger partial charge on any atom is -0.383 e. The molecule has 34 heavy (non-hydrogen) atoms. The summed E-state index contributed by atoms with van der Waals surface area (Å²) in [6.07, 6.45) is 13.4. The van der Waals surface area contributed by atoms with Gasteiger partial charge in [0.1, 0.15) is 5.82 Å². The van der Waals surface area contributed by atoms with Gasteiger partial charge in [-0.3, -0.25) is 0 Å². The molecule has 0 spiro atoms. The van der Waals surface area contributed by atoms with Gasteiger partial charge in [-0.05, 0) is 72.1 Å². The van der Waals surface area contributed by atoms with Crippen molar-refractivity contribution in [2.45, 2.75) is 45.4 Å². The largest absolute Gasteiger partial charge is 0.383 e. The quantitative estimate of drug-likeness (QED) is 0.466. The van der Waals surface area contributed by atoms with Crippen LogP contribution in [0.15, 0.2) is 66.9 Å². The van der Waals surface area contributed by atoms with Crippen LogP contribution in [0.2, 0.25) is 0 Å². The zero-order valence-electron chi connectivity index (χ0n) is 20.9. The third-order valence-corrected chi connectivity index (χ3v) is 8.71. The zero-order valence-corrected chi connectivity index (χ0v) is 20.9. The molecule has 1 saturated heterocycles. The first-order valence-electron chi connectivity index (χ1n) is 13.1. The molecule has 4 nitrogen and oxygen atoms in total. The molecular formula is C30H39N3O. The number of nitrogens with one attached hydrogen (secondary N) is 1. The van der Waals surface area contributed by atoms with Gasteiger partial charge < -0.3 is 15.0 Å². The van der Waals surface area contributed by atoms with E-state index in [1.807, 2.05) is 6.20 Å². The fraction of sp³-hybridized carbons (Fsp3) is 0.500. The molecule has 1 aromatic heterocycles. The van der Waals surface area contributed by atoms with E-state index in [4.69, 9.17) is 9.72 Å². The summed E-state index contributed by atoms with van der Waals surface area (Å²) < 4.78 is 5.47. The summed E-state index contributed by atoms with van der Waals surface area (Å²) in [5, 5.41) is 3.75. The predicted octanol–water partition coefficient (Wildman–Crippen LogP) is 6.40. The number of benzene rings is 1. The molecular weight excluding hydrogens is 418 g/mol. The number of rotatable bonds is 8. The maximum absolute atomic E-state index is 5.47. The van der Waals surface area contributed by atoms with Gasteiger partial charge in [0.05, 0.1) is 25.1 Å². The lowest BCUT2D eigenvalue weighted by Crippen LogP contribution is -2.51. The highest BCUT2D eigenvalue weighted by molar-refractivity contribution is 5.51. The van der Waals surface area contributed by atoms with Gasteiger partial charge in [0.15, 0.2) is 0 Å². The molecule has 180 valence electrons. The summed E-state index contributed by atoms with van der Waals surface area (Å²) in [4.78, 5) is 7.04.